The highest BCUT2D eigenvalue weighted by Crippen LogP contribution is 2.39. The molecule has 0 radical (unpaired) electrons. The lowest BCUT2D eigenvalue weighted by atomic mass is 9.78. The van der Waals surface area contributed by atoms with Crippen LogP contribution in [0.1, 0.15) is 43.9 Å². The quantitative estimate of drug-likeness (QED) is 0.295. The average molecular weight is 499 g/mol. The van der Waals surface area contributed by atoms with Crippen LogP contribution in [0.4, 0.5) is 23.2 Å². The molecule has 1 unspecified atom stereocenters. The zero-order valence-corrected chi connectivity index (χ0v) is 20.4. The van der Waals surface area contributed by atoms with Gasteiger partial charge in [0.1, 0.15) is 5.82 Å². The van der Waals surface area contributed by atoms with Crippen LogP contribution < -0.4 is 5.32 Å². The first-order valence-corrected chi connectivity index (χ1v) is 11.6. The van der Waals surface area contributed by atoms with E-state index in [1.54, 1.807) is 37.7 Å². The summed E-state index contributed by atoms with van der Waals surface area (Å²) in [6, 6.07) is 9.19. The molecule has 0 fully saturated rings. The lowest BCUT2D eigenvalue weighted by molar-refractivity contribution is -0.137. The highest BCUT2D eigenvalue weighted by atomic mass is 19.4. The average Bonchev–Trinajstić information content (AvgIpc) is 3.26. The van der Waals surface area contributed by atoms with Gasteiger partial charge in [0.25, 0.3) is 0 Å². The standard InChI is InChI=1S/C27H26F4N4O/c1-5-26(4,17-8-7-9-18(13-17)27(29,30)31)25(36)34-22-15-32-24-21(14-33-35(24)6-2)23(22)20-11-10-19(28)12-16(20)3/h7-15H,5-6H2,1-4H3,(H,34,36). The van der Waals surface area contributed by atoms with Crippen LogP contribution in [-0.4, -0.2) is 20.7 Å². The second-order valence-electron chi connectivity index (χ2n) is 8.92. The Bertz CT molecular complexity index is 1440. The maximum atomic E-state index is 13.9. The summed E-state index contributed by atoms with van der Waals surface area (Å²) in [6.07, 6.45) is -1.11. The normalized spacial score (nSPS) is 13.6. The summed E-state index contributed by atoms with van der Waals surface area (Å²) in [5, 5.41) is 7.95. The number of carbonyl (C=O) groups excluding carboxylic acids is 1. The van der Waals surface area contributed by atoms with E-state index in [0.717, 1.165) is 12.1 Å². The summed E-state index contributed by atoms with van der Waals surface area (Å²) in [5.41, 5.74) is 1.11. The summed E-state index contributed by atoms with van der Waals surface area (Å²) in [7, 11) is 0. The van der Waals surface area contributed by atoms with Crippen molar-refractivity contribution in [2.75, 3.05) is 5.32 Å². The number of pyridine rings is 1. The highest BCUT2D eigenvalue weighted by Gasteiger charge is 2.37. The molecule has 36 heavy (non-hydrogen) atoms. The Hall–Kier alpha value is -3.75. The van der Waals surface area contributed by atoms with Crippen molar-refractivity contribution in [3.05, 3.63) is 77.4 Å². The van der Waals surface area contributed by atoms with E-state index in [1.807, 2.05) is 6.92 Å². The maximum Gasteiger partial charge on any atom is 0.416 e. The Kier molecular flexibility index (Phi) is 6.60. The number of anilines is 1. The van der Waals surface area contributed by atoms with E-state index in [-0.39, 0.29) is 17.8 Å². The van der Waals surface area contributed by atoms with Gasteiger partial charge in [-0.15, -0.1) is 0 Å². The van der Waals surface area contributed by atoms with Crippen molar-refractivity contribution in [1.82, 2.24) is 14.8 Å². The van der Waals surface area contributed by atoms with Crippen molar-refractivity contribution in [2.45, 2.75) is 52.3 Å². The number of alkyl halides is 3. The number of rotatable bonds is 6. The smallest absolute Gasteiger partial charge is 0.323 e. The van der Waals surface area contributed by atoms with Gasteiger partial charge in [0.15, 0.2) is 5.65 Å². The molecule has 1 atom stereocenters. The summed E-state index contributed by atoms with van der Waals surface area (Å²) in [6.45, 7) is 7.63. The minimum absolute atomic E-state index is 0.254. The van der Waals surface area contributed by atoms with E-state index in [0.29, 0.717) is 40.0 Å². The van der Waals surface area contributed by atoms with Gasteiger partial charge in [0.2, 0.25) is 5.91 Å². The van der Waals surface area contributed by atoms with Crippen LogP contribution in [-0.2, 0) is 22.9 Å². The number of aryl methyl sites for hydroxylation is 2. The molecule has 9 heteroatoms. The van der Waals surface area contributed by atoms with Crippen molar-refractivity contribution >= 4 is 22.6 Å². The zero-order valence-electron chi connectivity index (χ0n) is 20.4. The highest BCUT2D eigenvalue weighted by molar-refractivity contribution is 6.07. The molecule has 2 heterocycles. The molecule has 2 aromatic heterocycles. The molecule has 4 rings (SSSR count). The van der Waals surface area contributed by atoms with E-state index in [9.17, 15) is 22.4 Å². The van der Waals surface area contributed by atoms with Crippen LogP contribution in [0.25, 0.3) is 22.2 Å². The van der Waals surface area contributed by atoms with Gasteiger partial charge in [-0.25, -0.2) is 14.1 Å². The van der Waals surface area contributed by atoms with E-state index in [2.05, 4.69) is 15.4 Å². The zero-order chi connectivity index (χ0) is 26.3. The Morgan fingerprint density at radius 3 is 2.42 bits per heavy atom. The summed E-state index contributed by atoms with van der Waals surface area (Å²) < 4.78 is 55.6. The van der Waals surface area contributed by atoms with Gasteiger partial charge in [0.05, 0.1) is 29.1 Å². The van der Waals surface area contributed by atoms with Gasteiger partial charge in [-0.3, -0.25) is 4.79 Å². The third kappa shape index (κ3) is 4.45. The first kappa shape index (κ1) is 25.3. The SMILES string of the molecule is CCn1ncc2c(-c3ccc(F)cc3C)c(NC(=O)C(C)(CC)c3cccc(C(F)(F)F)c3)cnc21. The maximum absolute atomic E-state index is 13.9. The number of benzene rings is 2. The van der Waals surface area contributed by atoms with E-state index in [4.69, 9.17) is 0 Å². The van der Waals surface area contributed by atoms with Gasteiger partial charge in [-0.05, 0) is 62.1 Å². The van der Waals surface area contributed by atoms with Crippen LogP contribution in [0.3, 0.4) is 0 Å². The second kappa shape index (κ2) is 9.37. The third-order valence-electron chi connectivity index (χ3n) is 6.71. The fourth-order valence-corrected chi connectivity index (χ4v) is 4.35. The van der Waals surface area contributed by atoms with Gasteiger partial charge in [-0.2, -0.15) is 18.3 Å². The first-order valence-electron chi connectivity index (χ1n) is 11.6. The number of aromatic nitrogens is 3. The summed E-state index contributed by atoms with van der Waals surface area (Å²) >= 11 is 0. The van der Waals surface area contributed by atoms with E-state index in [1.165, 1.54) is 30.5 Å². The third-order valence-corrected chi connectivity index (χ3v) is 6.71. The predicted octanol–water partition coefficient (Wildman–Crippen LogP) is 6.89. The Morgan fingerprint density at radius 2 is 1.78 bits per heavy atom. The molecular formula is C27H26F4N4O. The minimum atomic E-state index is -4.52. The predicted molar refractivity (Wildman–Crippen MR) is 131 cm³/mol. The molecule has 2 aromatic carbocycles. The number of hydrogen-bond acceptors (Lipinski definition) is 3. The topological polar surface area (TPSA) is 59.8 Å². The molecule has 1 amide bonds. The number of carbonyl (C=O) groups is 1. The molecule has 1 N–H and O–H groups in total. The number of fused-ring (bicyclic) bond motifs is 1. The lowest BCUT2D eigenvalue weighted by Crippen LogP contribution is -2.37. The molecular weight excluding hydrogens is 472 g/mol. The molecule has 0 aliphatic rings. The monoisotopic (exact) mass is 498 g/mol. The van der Waals surface area contributed by atoms with Crippen molar-refractivity contribution in [3.8, 4) is 11.1 Å². The molecule has 0 saturated heterocycles. The molecule has 0 aliphatic heterocycles. The molecule has 0 bridgehead atoms. The summed E-state index contributed by atoms with van der Waals surface area (Å²) in [5.74, 6) is -0.867. The number of nitrogens with one attached hydrogen (secondary N) is 1. The van der Waals surface area contributed by atoms with Crippen molar-refractivity contribution in [2.24, 2.45) is 0 Å². The molecule has 0 aliphatic carbocycles. The van der Waals surface area contributed by atoms with Crippen LogP contribution >= 0.6 is 0 Å². The fourth-order valence-electron chi connectivity index (χ4n) is 4.35. The number of amides is 1. The Labute approximate surface area is 206 Å². The van der Waals surface area contributed by atoms with E-state index >= 15 is 0 Å². The van der Waals surface area contributed by atoms with Crippen LogP contribution in [0.15, 0.2) is 54.9 Å². The van der Waals surface area contributed by atoms with Crippen LogP contribution in [0.2, 0.25) is 0 Å². The van der Waals surface area contributed by atoms with Gasteiger partial charge < -0.3 is 5.32 Å². The van der Waals surface area contributed by atoms with Crippen LogP contribution in [0.5, 0.6) is 0 Å². The number of hydrogen-bond donors (Lipinski definition) is 1. The van der Waals surface area contributed by atoms with Crippen molar-refractivity contribution in [3.63, 3.8) is 0 Å². The fraction of sp³-hybridized carbons (Fsp3) is 0.296. The first-order chi connectivity index (χ1) is 17.0. The molecule has 0 spiro atoms. The van der Waals surface area contributed by atoms with Crippen LogP contribution in [0, 0.1) is 12.7 Å². The Balaban J connectivity index is 1.84. The van der Waals surface area contributed by atoms with Gasteiger partial charge >= 0.3 is 6.18 Å². The molecule has 5 nitrogen and oxygen atoms in total. The van der Waals surface area contributed by atoms with Crippen molar-refractivity contribution in [1.29, 1.82) is 0 Å². The Morgan fingerprint density at radius 1 is 1.06 bits per heavy atom. The number of nitrogens with zero attached hydrogens (tertiary/aromatic N) is 3. The lowest BCUT2D eigenvalue weighted by Gasteiger charge is -2.29. The molecule has 0 saturated carbocycles. The largest absolute Gasteiger partial charge is 0.416 e. The summed E-state index contributed by atoms with van der Waals surface area (Å²) in [4.78, 5) is 18.1. The second-order valence-corrected chi connectivity index (χ2v) is 8.92. The van der Waals surface area contributed by atoms with Gasteiger partial charge in [-0.1, -0.05) is 31.2 Å². The van der Waals surface area contributed by atoms with E-state index < -0.39 is 23.1 Å². The number of halogens is 4. The molecule has 188 valence electrons. The van der Waals surface area contributed by atoms with Crippen molar-refractivity contribution < 1.29 is 22.4 Å². The minimum Gasteiger partial charge on any atom is -0.323 e. The molecule has 4 aromatic rings. The van der Waals surface area contributed by atoms with Gasteiger partial charge in [0, 0.05) is 17.5 Å².